The Morgan fingerprint density at radius 1 is 1.29 bits per heavy atom. The van der Waals surface area contributed by atoms with Crippen LogP contribution in [-0.2, 0) is 11.3 Å². The third kappa shape index (κ3) is 4.37. The number of ether oxygens (including phenoxy) is 1. The number of benzene rings is 1. The first kappa shape index (κ1) is 16.6. The summed E-state index contributed by atoms with van der Waals surface area (Å²) < 4.78 is 7.09. The zero-order chi connectivity index (χ0) is 16.9. The first-order valence-electron chi connectivity index (χ1n) is 8.56. The molecule has 0 spiro atoms. The van der Waals surface area contributed by atoms with Gasteiger partial charge in [0.1, 0.15) is 5.75 Å². The Morgan fingerprint density at radius 3 is 2.71 bits per heavy atom. The van der Waals surface area contributed by atoms with Gasteiger partial charge in [-0.15, -0.1) is 0 Å². The zero-order valence-electron chi connectivity index (χ0n) is 14.4. The second-order valence-corrected chi connectivity index (χ2v) is 6.54. The molecular formula is C19H25N3O2. The van der Waals surface area contributed by atoms with E-state index in [1.165, 1.54) is 12.8 Å². The number of amides is 1. The van der Waals surface area contributed by atoms with Crippen LogP contribution < -0.4 is 4.74 Å². The SMILES string of the molecule is COc1ccc(-c2cnn(CCCC(=O)N(C)CC3CC3)c2)cc1. The first-order valence-corrected chi connectivity index (χ1v) is 8.56. The highest BCUT2D eigenvalue weighted by atomic mass is 16.5. The molecule has 0 bridgehead atoms. The van der Waals surface area contributed by atoms with Crippen LogP contribution in [0.4, 0.5) is 0 Å². The molecule has 0 unspecified atom stereocenters. The molecule has 0 N–H and O–H groups in total. The van der Waals surface area contributed by atoms with Crippen LogP contribution in [0.15, 0.2) is 36.7 Å². The molecule has 1 heterocycles. The van der Waals surface area contributed by atoms with Gasteiger partial charge in [0.05, 0.1) is 13.3 Å². The number of hydrogen-bond donors (Lipinski definition) is 0. The highest BCUT2D eigenvalue weighted by Crippen LogP contribution is 2.29. The van der Waals surface area contributed by atoms with Crippen molar-refractivity contribution in [3.8, 4) is 16.9 Å². The number of hydrogen-bond acceptors (Lipinski definition) is 3. The minimum atomic E-state index is 0.240. The van der Waals surface area contributed by atoms with E-state index in [0.29, 0.717) is 6.42 Å². The summed E-state index contributed by atoms with van der Waals surface area (Å²) in [6.45, 7) is 1.68. The predicted molar refractivity (Wildman–Crippen MR) is 93.8 cm³/mol. The predicted octanol–water partition coefficient (Wildman–Crippen LogP) is 3.21. The van der Waals surface area contributed by atoms with Crippen molar-refractivity contribution in [1.29, 1.82) is 0 Å². The maximum atomic E-state index is 12.1. The Hall–Kier alpha value is -2.30. The Balaban J connectivity index is 1.47. The molecule has 0 atom stereocenters. The standard InChI is InChI=1S/C19H25N3O2/c1-21(13-15-5-6-15)19(23)4-3-11-22-14-17(12-20-22)16-7-9-18(24-2)10-8-16/h7-10,12,14-15H,3-6,11,13H2,1-2H3. The van der Waals surface area contributed by atoms with Crippen LogP contribution >= 0.6 is 0 Å². The lowest BCUT2D eigenvalue weighted by Crippen LogP contribution is -2.28. The van der Waals surface area contributed by atoms with Crippen LogP contribution in [0.2, 0.25) is 0 Å². The van der Waals surface area contributed by atoms with Crippen LogP contribution in [0.5, 0.6) is 5.75 Å². The van der Waals surface area contributed by atoms with Gasteiger partial charge in [0.25, 0.3) is 0 Å². The largest absolute Gasteiger partial charge is 0.497 e. The Bertz CT molecular complexity index is 674. The van der Waals surface area contributed by atoms with E-state index in [1.807, 2.05) is 53.3 Å². The number of aromatic nitrogens is 2. The molecule has 1 aliphatic carbocycles. The van der Waals surface area contributed by atoms with Crippen LogP contribution in [0.3, 0.4) is 0 Å². The summed E-state index contributed by atoms with van der Waals surface area (Å²) in [5, 5.41) is 4.40. The van der Waals surface area contributed by atoms with Gasteiger partial charge in [-0.05, 0) is 42.9 Å². The minimum absolute atomic E-state index is 0.240. The van der Waals surface area contributed by atoms with Gasteiger partial charge in [0.2, 0.25) is 5.91 Å². The minimum Gasteiger partial charge on any atom is -0.497 e. The van der Waals surface area contributed by atoms with Crippen molar-refractivity contribution >= 4 is 5.91 Å². The van der Waals surface area contributed by atoms with Crippen molar-refractivity contribution in [3.63, 3.8) is 0 Å². The van der Waals surface area contributed by atoms with Crippen molar-refractivity contribution in [1.82, 2.24) is 14.7 Å². The highest BCUT2D eigenvalue weighted by Gasteiger charge is 2.24. The van der Waals surface area contributed by atoms with E-state index in [0.717, 1.165) is 42.3 Å². The van der Waals surface area contributed by atoms with Crippen LogP contribution in [0.25, 0.3) is 11.1 Å². The fourth-order valence-corrected chi connectivity index (χ4v) is 2.79. The van der Waals surface area contributed by atoms with Crippen molar-refractivity contribution in [2.24, 2.45) is 5.92 Å². The molecule has 1 amide bonds. The summed E-state index contributed by atoms with van der Waals surface area (Å²) in [4.78, 5) is 13.9. The summed E-state index contributed by atoms with van der Waals surface area (Å²) >= 11 is 0. The zero-order valence-corrected chi connectivity index (χ0v) is 14.4. The number of carbonyl (C=O) groups is 1. The lowest BCUT2D eigenvalue weighted by Gasteiger charge is -2.16. The third-order valence-electron chi connectivity index (χ3n) is 4.49. The number of aryl methyl sites for hydroxylation is 1. The van der Waals surface area contributed by atoms with E-state index in [-0.39, 0.29) is 5.91 Å². The van der Waals surface area contributed by atoms with Gasteiger partial charge < -0.3 is 9.64 Å². The van der Waals surface area contributed by atoms with Crippen molar-refractivity contribution in [2.75, 3.05) is 20.7 Å². The second-order valence-electron chi connectivity index (χ2n) is 6.54. The van der Waals surface area contributed by atoms with Gasteiger partial charge in [-0.25, -0.2) is 0 Å². The van der Waals surface area contributed by atoms with Crippen LogP contribution in [0.1, 0.15) is 25.7 Å². The van der Waals surface area contributed by atoms with Gasteiger partial charge >= 0.3 is 0 Å². The molecule has 0 saturated heterocycles. The maximum Gasteiger partial charge on any atom is 0.222 e. The van der Waals surface area contributed by atoms with E-state index >= 15 is 0 Å². The average molecular weight is 327 g/mol. The summed E-state index contributed by atoms with van der Waals surface area (Å²) in [6.07, 6.45) is 7.85. The average Bonchev–Trinajstić information content (AvgIpc) is 3.29. The fourth-order valence-electron chi connectivity index (χ4n) is 2.79. The molecule has 128 valence electrons. The molecular weight excluding hydrogens is 302 g/mol. The normalized spacial score (nSPS) is 13.8. The lowest BCUT2D eigenvalue weighted by molar-refractivity contribution is -0.130. The quantitative estimate of drug-likeness (QED) is 0.748. The van der Waals surface area contributed by atoms with Gasteiger partial charge in [-0.1, -0.05) is 12.1 Å². The molecule has 1 aromatic heterocycles. The van der Waals surface area contributed by atoms with Gasteiger partial charge in [0.15, 0.2) is 0 Å². The van der Waals surface area contributed by atoms with E-state index in [4.69, 9.17) is 4.74 Å². The van der Waals surface area contributed by atoms with Crippen LogP contribution in [0, 0.1) is 5.92 Å². The number of carbonyl (C=O) groups excluding carboxylic acids is 1. The second kappa shape index (κ2) is 7.51. The number of rotatable bonds is 8. The molecule has 1 aromatic carbocycles. The van der Waals surface area contributed by atoms with E-state index < -0.39 is 0 Å². The molecule has 5 heteroatoms. The smallest absolute Gasteiger partial charge is 0.222 e. The third-order valence-corrected chi connectivity index (χ3v) is 4.49. The molecule has 2 aromatic rings. The van der Waals surface area contributed by atoms with E-state index in [2.05, 4.69) is 5.10 Å². The molecule has 1 aliphatic rings. The van der Waals surface area contributed by atoms with Gasteiger partial charge in [-0.2, -0.15) is 5.10 Å². The molecule has 0 aliphatic heterocycles. The van der Waals surface area contributed by atoms with Crippen LogP contribution in [-0.4, -0.2) is 41.3 Å². The van der Waals surface area contributed by atoms with Crippen molar-refractivity contribution < 1.29 is 9.53 Å². The Morgan fingerprint density at radius 2 is 2.04 bits per heavy atom. The Labute approximate surface area is 143 Å². The first-order chi connectivity index (χ1) is 11.7. The number of methoxy groups -OCH3 is 1. The van der Waals surface area contributed by atoms with Gasteiger partial charge in [-0.3, -0.25) is 9.48 Å². The lowest BCUT2D eigenvalue weighted by atomic mass is 10.1. The topological polar surface area (TPSA) is 47.4 Å². The fraction of sp³-hybridized carbons (Fsp3) is 0.474. The van der Waals surface area contributed by atoms with E-state index in [9.17, 15) is 4.79 Å². The highest BCUT2D eigenvalue weighted by molar-refractivity contribution is 5.75. The molecule has 0 radical (unpaired) electrons. The molecule has 1 fully saturated rings. The van der Waals surface area contributed by atoms with Crippen molar-refractivity contribution in [2.45, 2.75) is 32.2 Å². The molecule has 24 heavy (non-hydrogen) atoms. The van der Waals surface area contributed by atoms with E-state index in [1.54, 1.807) is 7.11 Å². The van der Waals surface area contributed by atoms with Gasteiger partial charge in [0, 0.05) is 38.3 Å². The monoisotopic (exact) mass is 327 g/mol. The number of nitrogens with zero attached hydrogens (tertiary/aromatic N) is 3. The Kier molecular flexibility index (Phi) is 5.18. The summed E-state index contributed by atoms with van der Waals surface area (Å²) in [5.41, 5.74) is 2.19. The summed E-state index contributed by atoms with van der Waals surface area (Å²) in [6, 6.07) is 7.94. The molecule has 5 nitrogen and oxygen atoms in total. The maximum absolute atomic E-state index is 12.1. The molecule has 1 saturated carbocycles. The van der Waals surface area contributed by atoms with Crippen molar-refractivity contribution in [3.05, 3.63) is 36.7 Å². The molecule has 3 rings (SSSR count). The summed E-state index contributed by atoms with van der Waals surface area (Å²) in [7, 11) is 3.58. The summed E-state index contributed by atoms with van der Waals surface area (Å²) in [5.74, 6) is 1.83.